The first kappa shape index (κ1) is 14.6. The van der Waals surface area contributed by atoms with E-state index < -0.39 is 16.4 Å². The fraction of sp³-hybridized carbons (Fsp3) is 0.0769. The number of benzene rings is 2. The van der Waals surface area contributed by atoms with Gasteiger partial charge in [0.05, 0.1) is 9.95 Å². The van der Waals surface area contributed by atoms with E-state index in [4.69, 9.17) is 17.3 Å². The number of hydrogen-bond acceptors (Lipinski definition) is 4. The number of nitrogen functional groups attached to an aromatic ring is 1. The molecule has 0 spiro atoms. The van der Waals surface area contributed by atoms with Crippen LogP contribution in [0.2, 0.25) is 5.02 Å². The first-order chi connectivity index (χ1) is 9.49. The largest absolute Gasteiger partial charge is 0.399 e. The quantitative estimate of drug-likeness (QED) is 0.396. The van der Waals surface area contributed by atoms with E-state index in [0.717, 1.165) is 11.0 Å². The number of halogens is 2. The zero-order valence-corrected chi connectivity index (χ0v) is 11.7. The van der Waals surface area contributed by atoms with Crippen molar-refractivity contribution in [2.45, 2.75) is 10.6 Å². The van der Waals surface area contributed by atoms with Crippen molar-refractivity contribution in [1.29, 1.82) is 0 Å². The van der Waals surface area contributed by atoms with Crippen LogP contribution >= 0.6 is 23.4 Å². The van der Waals surface area contributed by atoms with Gasteiger partial charge in [0.1, 0.15) is 0 Å². The molecule has 0 saturated heterocycles. The van der Waals surface area contributed by atoms with Gasteiger partial charge in [-0.3, -0.25) is 10.1 Å². The van der Waals surface area contributed by atoms with Crippen molar-refractivity contribution < 1.29 is 9.31 Å². The summed E-state index contributed by atoms with van der Waals surface area (Å²) >= 11 is 7.31. The van der Waals surface area contributed by atoms with Crippen molar-refractivity contribution in [2.75, 3.05) is 5.73 Å². The van der Waals surface area contributed by atoms with Gasteiger partial charge in [0.15, 0.2) is 0 Å². The molecule has 0 aliphatic rings. The summed E-state index contributed by atoms with van der Waals surface area (Å²) in [6, 6.07) is 9.14. The molecule has 0 aliphatic carbocycles. The van der Waals surface area contributed by atoms with Crippen LogP contribution < -0.4 is 5.73 Å². The van der Waals surface area contributed by atoms with Crippen LogP contribution in [0.1, 0.15) is 5.56 Å². The fourth-order valence-electron chi connectivity index (χ4n) is 1.61. The highest BCUT2D eigenvalue weighted by molar-refractivity contribution is 7.98. The monoisotopic (exact) mass is 312 g/mol. The summed E-state index contributed by atoms with van der Waals surface area (Å²) < 4.78 is 13.9. The minimum Gasteiger partial charge on any atom is -0.399 e. The Kier molecular flexibility index (Phi) is 4.46. The van der Waals surface area contributed by atoms with Gasteiger partial charge in [-0.25, -0.2) is 0 Å². The van der Waals surface area contributed by atoms with E-state index in [2.05, 4.69) is 0 Å². The summed E-state index contributed by atoms with van der Waals surface area (Å²) in [7, 11) is 0. The van der Waals surface area contributed by atoms with E-state index >= 15 is 0 Å². The van der Waals surface area contributed by atoms with Gasteiger partial charge in [0, 0.05) is 28.0 Å². The average molecular weight is 313 g/mol. The summed E-state index contributed by atoms with van der Waals surface area (Å²) in [4.78, 5) is 10.7. The van der Waals surface area contributed by atoms with Gasteiger partial charge in [-0.1, -0.05) is 23.7 Å². The van der Waals surface area contributed by atoms with E-state index in [1.807, 2.05) is 0 Å². The van der Waals surface area contributed by atoms with Gasteiger partial charge in [0.25, 0.3) is 0 Å². The maximum absolute atomic E-state index is 13.9. The van der Waals surface area contributed by atoms with Gasteiger partial charge >= 0.3 is 5.69 Å². The third-order valence-electron chi connectivity index (χ3n) is 2.59. The molecule has 0 bridgehead atoms. The molecule has 4 nitrogen and oxygen atoms in total. The highest BCUT2D eigenvalue weighted by Gasteiger charge is 2.17. The van der Waals surface area contributed by atoms with Gasteiger partial charge in [-0.05, 0) is 18.2 Å². The Morgan fingerprint density at radius 3 is 2.75 bits per heavy atom. The van der Waals surface area contributed by atoms with E-state index in [-0.39, 0.29) is 11.3 Å². The molecule has 2 aromatic rings. The summed E-state index contributed by atoms with van der Waals surface area (Å²) in [5, 5.41) is 11.1. The van der Waals surface area contributed by atoms with E-state index in [1.165, 1.54) is 23.9 Å². The summed E-state index contributed by atoms with van der Waals surface area (Å²) in [5.41, 5.74) is 5.87. The third-order valence-corrected chi connectivity index (χ3v) is 4.14. The Balaban J connectivity index is 2.19. The van der Waals surface area contributed by atoms with Crippen LogP contribution in [0.5, 0.6) is 0 Å². The lowest BCUT2D eigenvalue weighted by Gasteiger charge is -2.06. The second-order valence-corrected chi connectivity index (χ2v) is 5.41. The smallest absolute Gasteiger partial charge is 0.305 e. The van der Waals surface area contributed by atoms with E-state index in [0.29, 0.717) is 10.7 Å². The minimum absolute atomic E-state index is 0.247. The Morgan fingerprint density at radius 2 is 2.10 bits per heavy atom. The molecule has 104 valence electrons. The van der Waals surface area contributed by atoms with Crippen molar-refractivity contribution >= 4 is 34.7 Å². The molecule has 0 fully saturated rings. The van der Waals surface area contributed by atoms with Crippen molar-refractivity contribution in [3.05, 3.63) is 62.9 Å². The van der Waals surface area contributed by atoms with Crippen LogP contribution in [0.25, 0.3) is 0 Å². The standard InChI is InChI=1S/C13H10ClFN2O2S/c14-10-6-9(16)4-5-12(10)20-7-8-2-1-3-11(13(8)15)17(18)19/h1-6H,7,16H2. The van der Waals surface area contributed by atoms with Crippen molar-refractivity contribution in [2.24, 2.45) is 0 Å². The first-order valence-corrected chi connectivity index (χ1v) is 6.95. The van der Waals surface area contributed by atoms with Crippen LogP contribution in [-0.4, -0.2) is 4.92 Å². The Hall–Kier alpha value is -1.79. The van der Waals surface area contributed by atoms with E-state index in [9.17, 15) is 14.5 Å². The van der Waals surface area contributed by atoms with Crippen molar-refractivity contribution in [3.8, 4) is 0 Å². The lowest BCUT2D eigenvalue weighted by Crippen LogP contribution is -1.96. The highest BCUT2D eigenvalue weighted by atomic mass is 35.5. The number of thioether (sulfide) groups is 1. The molecule has 2 aromatic carbocycles. The predicted octanol–water partition coefficient (Wildman–Crippen LogP) is 4.26. The number of nitrogens with zero attached hydrogens (tertiary/aromatic N) is 1. The Morgan fingerprint density at radius 1 is 1.35 bits per heavy atom. The van der Waals surface area contributed by atoms with Crippen LogP contribution in [0.15, 0.2) is 41.3 Å². The molecular weight excluding hydrogens is 303 g/mol. The predicted molar refractivity (Wildman–Crippen MR) is 78.5 cm³/mol. The van der Waals surface area contributed by atoms with Gasteiger partial charge in [-0.2, -0.15) is 4.39 Å². The van der Waals surface area contributed by atoms with Gasteiger partial charge in [-0.15, -0.1) is 11.8 Å². The lowest BCUT2D eigenvalue weighted by atomic mass is 10.2. The fourth-order valence-corrected chi connectivity index (χ4v) is 2.86. The SMILES string of the molecule is Nc1ccc(SCc2cccc([N+](=O)[O-])c2F)c(Cl)c1. The number of rotatable bonds is 4. The normalized spacial score (nSPS) is 10.5. The first-order valence-electron chi connectivity index (χ1n) is 5.58. The summed E-state index contributed by atoms with van der Waals surface area (Å²) in [5.74, 6) is -0.562. The molecule has 0 saturated carbocycles. The van der Waals surface area contributed by atoms with Crippen LogP contribution in [-0.2, 0) is 5.75 Å². The zero-order chi connectivity index (χ0) is 14.7. The molecule has 0 aromatic heterocycles. The van der Waals surface area contributed by atoms with Crippen LogP contribution in [0, 0.1) is 15.9 Å². The molecule has 0 amide bonds. The molecule has 0 unspecified atom stereocenters. The van der Waals surface area contributed by atoms with Crippen molar-refractivity contribution in [3.63, 3.8) is 0 Å². The molecule has 0 radical (unpaired) electrons. The molecule has 20 heavy (non-hydrogen) atoms. The maximum Gasteiger partial charge on any atom is 0.305 e. The Labute approximate surface area is 123 Å². The molecule has 7 heteroatoms. The maximum atomic E-state index is 13.9. The summed E-state index contributed by atoms with van der Waals surface area (Å²) in [6.07, 6.45) is 0. The molecule has 0 heterocycles. The zero-order valence-electron chi connectivity index (χ0n) is 10.2. The van der Waals surface area contributed by atoms with Crippen molar-refractivity contribution in [1.82, 2.24) is 0 Å². The van der Waals surface area contributed by atoms with E-state index in [1.54, 1.807) is 18.2 Å². The van der Waals surface area contributed by atoms with Crippen LogP contribution in [0.3, 0.4) is 0 Å². The molecule has 0 aliphatic heterocycles. The molecule has 2 N–H and O–H groups in total. The average Bonchev–Trinajstić information content (AvgIpc) is 2.39. The number of anilines is 1. The summed E-state index contributed by atoms with van der Waals surface area (Å²) in [6.45, 7) is 0. The van der Waals surface area contributed by atoms with Gasteiger partial charge in [0.2, 0.25) is 5.82 Å². The number of nitrogens with two attached hydrogens (primary N) is 1. The number of nitro groups is 1. The minimum atomic E-state index is -0.809. The topological polar surface area (TPSA) is 69.2 Å². The Bertz CT molecular complexity index is 667. The third kappa shape index (κ3) is 3.20. The molecule has 2 rings (SSSR count). The highest BCUT2D eigenvalue weighted by Crippen LogP contribution is 2.32. The van der Waals surface area contributed by atoms with Gasteiger partial charge < -0.3 is 5.73 Å². The number of hydrogen-bond donors (Lipinski definition) is 1. The van der Waals surface area contributed by atoms with Crippen LogP contribution in [0.4, 0.5) is 15.8 Å². The second-order valence-electron chi connectivity index (χ2n) is 3.99. The second kappa shape index (κ2) is 6.11. The lowest BCUT2D eigenvalue weighted by molar-refractivity contribution is -0.387. The molecular formula is C13H10ClFN2O2S. The molecule has 0 atom stereocenters. The number of nitro benzene ring substituents is 1.